The minimum absolute atomic E-state index is 1.02. The van der Waals surface area contributed by atoms with Crippen LogP contribution in [-0.2, 0) is 0 Å². The van der Waals surface area contributed by atoms with E-state index in [0.29, 0.717) is 0 Å². The van der Waals surface area contributed by atoms with Crippen LogP contribution in [0.3, 0.4) is 0 Å². The number of nitrogens with zero attached hydrogens (tertiary/aromatic N) is 1. The van der Waals surface area contributed by atoms with Crippen LogP contribution in [0, 0.1) is 0 Å². The molecule has 0 aromatic heterocycles. The molecule has 0 saturated heterocycles. The van der Waals surface area contributed by atoms with Gasteiger partial charge in [0.05, 0.1) is 0 Å². The molecule has 1 nitrogen and oxygen atoms in total. The van der Waals surface area contributed by atoms with Crippen LogP contribution in [0.5, 0.6) is 0 Å². The van der Waals surface area contributed by atoms with Gasteiger partial charge in [0.25, 0.3) is 0 Å². The molecule has 2 heteroatoms. The fourth-order valence-electron chi connectivity index (χ4n) is 1.46. The van der Waals surface area contributed by atoms with Crippen molar-refractivity contribution in [3.05, 3.63) is 0 Å². The second-order valence-electron chi connectivity index (χ2n) is 3.80. The molecule has 0 rings (SSSR count). The zero-order valence-corrected chi connectivity index (χ0v) is 9.95. The standard InChI is InChI=1S/C11H24ClN/c1-3-4-5-6-7-8-9-10-11-13(2)12/h3-11H2,1-2H3. The SMILES string of the molecule is CCCCCCCCCCN(C)Cl. The third-order valence-corrected chi connectivity index (χ3v) is 2.49. The summed E-state index contributed by atoms with van der Waals surface area (Å²) in [5.74, 6) is 0. The van der Waals surface area contributed by atoms with Crippen molar-refractivity contribution in [1.29, 1.82) is 0 Å². The molecule has 0 N–H and O–H groups in total. The molecular formula is C11H24ClN. The lowest BCUT2D eigenvalue weighted by molar-refractivity contribution is 0.492. The molecule has 0 aliphatic heterocycles. The van der Waals surface area contributed by atoms with Crippen LogP contribution >= 0.6 is 11.8 Å². The van der Waals surface area contributed by atoms with Gasteiger partial charge in [-0.05, 0) is 18.2 Å². The van der Waals surface area contributed by atoms with E-state index in [1.54, 1.807) is 4.42 Å². The number of unbranched alkanes of at least 4 members (excludes halogenated alkanes) is 7. The van der Waals surface area contributed by atoms with Gasteiger partial charge in [-0.2, -0.15) is 0 Å². The predicted molar refractivity (Wildman–Crippen MR) is 61.1 cm³/mol. The van der Waals surface area contributed by atoms with Gasteiger partial charge in [-0.15, -0.1) is 0 Å². The van der Waals surface area contributed by atoms with Gasteiger partial charge in [0.2, 0.25) is 0 Å². The van der Waals surface area contributed by atoms with Crippen LogP contribution < -0.4 is 0 Å². The van der Waals surface area contributed by atoms with Gasteiger partial charge in [0.15, 0.2) is 0 Å². The Morgan fingerprint density at radius 2 is 1.31 bits per heavy atom. The van der Waals surface area contributed by atoms with Crippen molar-refractivity contribution in [2.45, 2.75) is 58.3 Å². The lowest BCUT2D eigenvalue weighted by atomic mass is 10.1. The summed E-state index contributed by atoms with van der Waals surface area (Å²) < 4.78 is 1.75. The molecule has 80 valence electrons. The van der Waals surface area contributed by atoms with Crippen molar-refractivity contribution in [2.75, 3.05) is 13.6 Å². The molecule has 0 aliphatic carbocycles. The molecule has 0 aliphatic rings. The first kappa shape index (κ1) is 13.2. The van der Waals surface area contributed by atoms with E-state index >= 15 is 0 Å². The van der Waals surface area contributed by atoms with Crippen molar-refractivity contribution >= 4 is 11.8 Å². The molecule has 0 aromatic rings. The summed E-state index contributed by atoms with van der Waals surface area (Å²) in [6, 6.07) is 0. The smallest absolute Gasteiger partial charge is 0.0135 e. The molecule has 0 bridgehead atoms. The fraction of sp³-hybridized carbons (Fsp3) is 1.00. The Hall–Kier alpha value is 0.250. The number of rotatable bonds is 9. The molecule has 0 heterocycles. The van der Waals surface area contributed by atoms with Gasteiger partial charge in [0, 0.05) is 13.6 Å². The van der Waals surface area contributed by atoms with Gasteiger partial charge in [-0.25, -0.2) is 4.42 Å². The topological polar surface area (TPSA) is 3.24 Å². The van der Waals surface area contributed by atoms with Crippen LogP contribution in [0.1, 0.15) is 58.3 Å². The predicted octanol–water partition coefficient (Wildman–Crippen LogP) is 4.21. The van der Waals surface area contributed by atoms with Crippen molar-refractivity contribution < 1.29 is 0 Å². The molecule has 0 radical (unpaired) electrons. The molecule has 0 amide bonds. The monoisotopic (exact) mass is 205 g/mol. The summed E-state index contributed by atoms with van der Waals surface area (Å²) >= 11 is 5.69. The van der Waals surface area contributed by atoms with Gasteiger partial charge in [0.1, 0.15) is 0 Å². The van der Waals surface area contributed by atoms with Crippen LogP contribution in [-0.4, -0.2) is 18.0 Å². The maximum atomic E-state index is 5.69. The summed E-state index contributed by atoms with van der Waals surface area (Å²) in [4.78, 5) is 0. The average Bonchev–Trinajstić information content (AvgIpc) is 2.09. The lowest BCUT2D eigenvalue weighted by Crippen LogP contribution is -2.05. The molecule has 0 spiro atoms. The van der Waals surface area contributed by atoms with E-state index in [-0.39, 0.29) is 0 Å². The highest BCUT2D eigenvalue weighted by molar-refractivity contribution is 6.13. The minimum Gasteiger partial charge on any atom is -0.223 e. The molecule has 13 heavy (non-hydrogen) atoms. The third-order valence-electron chi connectivity index (χ3n) is 2.32. The third kappa shape index (κ3) is 12.2. The van der Waals surface area contributed by atoms with E-state index in [0.717, 1.165) is 6.54 Å². The van der Waals surface area contributed by atoms with Crippen LogP contribution in [0.2, 0.25) is 0 Å². The zero-order chi connectivity index (χ0) is 9.94. The van der Waals surface area contributed by atoms with Crippen molar-refractivity contribution in [3.8, 4) is 0 Å². The van der Waals surface area contributed by atoms with Crippen molar-refractivity contribution in [3.63, 3.8) is 0 Å². The highest BCUT2D eigenvalue weighted by Gasteiger charge is 1.93. The first-order valence-electron chi connectivity index (χ1n) is 5.64. The minimum atomic E-state index is 1.02. The Balaban J connectivity index is 2.84. The second-order valence-corrected chi connectivity index (χ2v) is 4.38. The van der Waals surface area contributed by atoms with E-state index in [2.05, 4.69) is 6.92 Å². The zero-order valence-electron chi connectivity index (χ0n) is 9.19. The average molecular weight is 206 g/mol. The molecular weight excluding hydrogens is 182 g/mol. The van der Waals surface area contributed by atoms with Gasteiger partial charge in [-0.3, -0.25) is 0 Å². The summed E-state index contributed by atoms with van der Waals surface area (Å²) in [6.45, 7) is 3.28. The highest BCUT2D eigenvalue weighted by atomic mass is 35.5. The molecule has 0 fully saturated rings. The fourth-order valence-corrected chi connectivity index (χ4v) is 1.58. The maximum Gasteiger partial charge on any atom is 0.0135 e. The van der Waals surface area contributed by atoms with E-state index < -0.39 is 0 Å². The van der Waals surface area contributed by atoms with Crippen LogP contribution in [0.4, 0.5) is 0 Å². The van der Waals surface area contributed by atoms with Gasteiger partial charge in [-0.1, -0.05) is 51.9 Å². The Labute approximate surface area is 88.6 Å². The Bertz CT molecular complexity index is 94.1. The Morgan fingerprint density at radius 1 is 0.846 bits per heavy atom. The van der Waals surface area contributed by atoms with E-state index in [1.807, 2.05) is 7.05 Å². The van der Waals surface area contributed by atoms with Crippen LogP contribution in [0.25, 0.3) is 0 Å². The highest BCUT2D eigenvalue weighted by Crippen LogP contribution is 2.08. The molecule has 0 aromatic carbocycles. The molecule has 0 unspecified atom stereocenters. The van der Waals surface area contributed by atoms with E-state index in [4.69, 9.17) is 11.8 Å². The van der Waals surface area contributed by atoms with Gasteiger partial charge >= 0.3 is 0 Å². The summed E-state index contributed by atoms with van der Waals surface area (Å²) in [6.07, 6.45) is 11.0. The number of hydrogen-bond donors (Lipinski definition) is 0. The first-order valence-corrected chi connectivity index (χ1v) is 5.98. The summed E-state index contributed by atoms with van der Waals surface area (Å²) in [5, 5.41) is 0. The largest absolute Gasteiger partial charge is 0.223 e. The Kier molecular flexibility index (Phi) is 10.5. The summed E-state index contributed by atoms with van der Waals surface area (Å²) in [7, 11) is 1.92. The van der Waals surface area contributed by atoms with Crippen LogP contribution in [0.15, 0.2) is 0 Å². The molecule has 0 atom stereocenters. The van der Waals surface area contributed by atoms with E-state index in [9.17, 15) is 0 Å². The Morgan fingerprint density at radius 3 is 1.77 bits per heavy atom. The lowest BCUT2D eigenvalue weighted by Gasteiger charge is -2.05. The van der Waals surface area contributed by atoms with Crippen molar-refractivity contribution in [2.24, 2.45) is 0 Å². The van der Waals surface area contributed by atoms with E-state index in [1.165, 1.54) is 51.4 Å². The number of hydrogen-bond acceptors (Lipinski definition) is 1. The quantitative estimate of drug-likeness (QED) is 0.403. The first-order chi connectivity index (χ1) is 6.27. The second kappa shape index (κ2) is 10.3. The van der Waals surface area contributed by atoms with Crippen molar-refractivity contribution in [1.82, 2.24) is 4.42 Å². The van der Waals surface area contributed by atoms with Gasteiger partial charge < -0.3 is 0 Å². The normalized spacial score (nSPS) is 11.1. The summed E-state index contributed by atoms with van der Waals surface area (Å²) in [5.41, 5.74) is 0. The maximum absolute atomic E-state index is 5.69. The molecule has 0 saturated carbocycles. The number of halogens is 1.